The first kappa shape index (κ1) is 14.7. The lowest BCUT2D eigenvalue weighted by atomic mass is 10.1. The van der Waals surface area contributed by atoms with Gasteiger partial charge in [-0.1, -0.05) is 27.7 Å². The molecule has 0 unspecified atom stereocenters. The number of carbonyl (C=O) groups is 1. The van der Waals surface area contributed by atoms with E-state index in [1.165, 1.54) is 0 Å². The highest BCUT2D eigenvalue weighted by Crippen LogP contribution is 2.24. The average molecular weight is 252 g/mol. The maximum Gasteiger partial charge on any atom is 0.307 e. The molecule has 0 atom stereocenters. The number of aromatic nitrogens is 2. The number of rotatable bonds is 7. The second-order valence-electron chi connectivity index (χ2n) is 4.56. The molecule has 4 nitrogen and oxygen atoms in total. The van der Waals surface area contributed by atoms with Crippen molar-refractivity contribution in [1.29, 1.82) is 0 Å². The molecule has 0 aliphatic carbocycles. The third-order valence-electron chi connectivity index (χ3n) is 3.49. The molecule has 0 fully saturated rings. The Labute approximate surface area is 109 Å². The van der Waals surface area contributed by atoms with Crippen LogP contribution in [0.2, 0.25) is 0 Å². The molecule has 0 saturated heterocycles. The minimum atomic E-state index is -0.775. The van der Waals surface area contributed by atoms with Gasteiger partial charge in [-0.15, -0.1) is 0 Å². The first-order valence-corrected chi connectivity index (χ1v) is 6.89. The van der Waals surface area contributed by atoms with Crippen molar-refractivity contribution in [2.24, 2.45) is 0 Å². The first-order valence-electron chi connectivity index (χ1n) is 6.89. The molecule has 1 N–H and O–H groups in total. The third kappa shape index (κ3) is 2.92. The predicted octanol–water partition coefficient (Wildman–Crippen LogP) is 3.00. The normalized spacial score (nSPS) is 11.2. The lowest BCUT2D eigenvalue weighted by Gasteiger charge is -2.16. The zero-order valence-electron chi connectivity index (χ0n) is 11.9. The van der Waals surface area contributed by atoms with Crippen LogP contribution in [0.1, 0.15) is 63.5 Å². The van der Waals surface area contributed by atoms with Crippen LogP contribution in [-0.4, -0.2) is 20.9 Å². The van der Waals surface area contributed by atoms with E-state index in [4.69, 9.17) is 5.11 Å². The summed E-state index contributed by atoms with van der Waals surface area (Å²) in [6.07, 6.45) is 3.78. The van der Waals surface area contributed by atoms with Crippen molar-refractivity contribution in [3.05, 3.63) is 17.0 Å². The fraction of sp³-hybridized carbons (Fsp3) is 0.714. The van der Waals surface area contributed by atoms with Gasteiger partial charge in [-0.2, -0.15) is 5.10 Å². The van der Waals surface area contributed by atoms with Gasteiger partial charge in [0.15, 0.2) is 0 Å². The number of hydrogen-bond donors (Lipinski definition) is 1. The molecule has 0 saturated carbocycles. The Morgan fingerprint density at radius 1 is 1.22 bits per heavy atom. The molecule has 0 aliphatic rings. The van der Waals surface area contributed by atoms with Gasteiger partial charge in [-0.25, -0.2) is 0 Å². The van der Waals surface area contributed by atoms with Crippen molar-refractivity contribution in [1.82, 2.24) is 9.78 Å². The van der Waals surface area contributed by atoms with Gasteiger partial charge in [-0.3, -0.25) is 9.48 Å². The van der Waals surface area contributed by atoms with Crippen molar-refractivity contribution in [2.75, 3.05) is 0 Å². The van der Waals surface area contributed by atoms with Crippen LogP contribution in [0, 0.1) is 0 Å². The average Bonchev–Trinajstić information content (AvgIpc) is 2.68. The van der Waals surface area contributed by atoms with Gasteiger partial charge in [-0.05, 0) is 25.7 Å². The summed E-state index contributed by atoms with van der Waals surface area (Å²) in [7, 11) is 0. The van der Waals surface area contributed by atoms with Gasteiger partial charge in [0.25, 0.3) is 0 Å². The highest BCUT2D eigenvalue weighted by Gasteiger charge is 2.20. The fourth-order valence-electron chi connectivity index (χ4n) is 2.51. The van der Waals surface area contributed by atoms with Gasteiger partial charge in [0.05, 0.1) is 18.2 Å². The Hall–Kier alpha value is -1.32. The van der Waals surface area contributed by atoms with Gasteiger partial charge >= 0.3 is 5.97 Å². The lowest BCUT2D eigenvalue weighted by molar-refractivity contribution is -0.136. The summed E-state index contributed by atoms with van der Waals surface area (Å²) in [5, 5.41) is 13.7. The number of aryl methyl sites for hydroxylation is 1. The van der Waals surface area contributed by atoms with Gasteiger partial charge in [0.1, 0.15) is 0 Å². The molecular formula is C14H24N2O2. The first-order chi connectivity index (χ1) is 8.58. The Bertz CT molecular complexity index is 406. The largest absolute Gasteiger partial charge is 0.481 e. The number of nitrogens with zero attached hydrogens (tertiary/aromatic N) is 2. The molecule has 1 rings (SSSR count). The van der Waals surface area contributed by atoms with Crippen LogP contribution in [-0.2, 0) is 24.1 Å². The molecule has 0 aliphatic heterocycles. The SMILES string of the molecule is CCc1nn(C(CC)CC)c(CC)c1CC(=O)O. The van der Waals surface area contributed by atoms with Crippen LogP contribution < -0.4 is 0 Å². The molecule has 0 aromatic carbocycles. The topological polar surface area (TPSA) is 55.1 Å². The predicted molar refractivity (Wildman–Crippen MR) is 71.9 cm³/mol. The summed E-state index contributed by atoms with van der Waals surface area (Å²) in [5.74, 6) is -0.775. The number of carboxylic acids is 1. The zero-order chi connectivity index (χ0) is 13.7. The van der Waals surface area contributed by atoms with Crippen LogP contribution in [0.25, 0.3) is 0 Å². The van der Waals surface area contributed by atoms with Crippen LogP contribution in [0.3, 0.4) is 0 Å². The quantitative estimate of drug-likeness (QED) is 0.811. The van der Waals surface area contributed by atoms with Crippen LogP contribution in [0.15, 0.2) is 0 Å². The van der Waals surface area contributed by atoms with Crippen molar-refractivity contribution in [3.63, 3.8) is 0 Å². The van der Waals surface area contributed by atoms with E-state index >= 15 is 0 Å². The maximum absolute atomic E-state index is 11.0. The van der Waals surface area contributed by atoms with Gasteiger partial charge in [0, 0.05) is 11.3 Å². The zero-order valence-corrected chi connectivity index (χ0v) is 11.9. The summed E-state index contributed by atoms with van der Waals surface area (Å²) in [5.41, 5.74) is 2.98. The molecule has 1 heterocycles. The monoisotopic (exact) mass is 252 g/mol. The number of hydrogen-bond acceptors (Lipinski definition) is 2. The molecule has 0 bridgehead atoms. The molecule has 18 heavy (non-hydrogen) atoms. The van der Waals surface area contributed by atoms with E-state index in [1.54, 1.807) is 0 Å². The number of aliphatic carboxylic acids is 1. The van der Waals surface area contributed by atoms with E-state index in [0.29, 0.717) is 6.04 Å². The maximum atomic E-state index is 11.0. The van der Waals surface area contributed by atoms with Crippen molar-refractivity contribution >= 4 is 5.97 Å². The highest BCUT2D eigenvalue weighted by molar-refractivity contribution is 5.71. The summed E-state index contributed by atoms with van der Waals surface area (Å²) in [4.78, 5) is 11.0. The van der Waals surface area contributed by atoms with Crippen LogP contribution in [0.4, 0.5) is 0 Å². The van der Waals surface area contributed by atoms with Gasteiger partial charge in [0.2, 0.25) is 0 Å². The molecule has 0 radical (unpaired) electrons. The molecule has 0 spiro atoms. The number of carboxylic acid groups (broad SMARTS) is 1. The van der Waals surface area contributed by atoms with Crippen LogP contribution >= 0.6 is 0 Å². The Balaban J connectivity index is 3.27. The second kappa shape index (κ2) is 6.57. The van der Waals surface area contributed by atoms with E-state index in [0.717, 1.165) is 42.6 Å². The summed E-state index contributed by atoms with van der Waals surface area (Å²) >= 11 is 0. The standard InChI is InChI=1S/C14H24N2O2/c1-5-10(6-2)16-13(8-4)11(9-14(17)18)12(7-3)15-16/h10H,5-9H2,1-4H3,(H,17,18). The Morgan fingerprint density at radius 3 is 2.22 bits per heavy atom. The minimum Gasteiger partial charge on any atom is -0.481 e. The lowest BCUT2D eigenvalue weighted by Crippen LogP contribution is -2.13. The smallest absolute Gasteiger partial charge is 0.307 e. The molecule has 4 heteroatoms. The second-order valence-corrected chi connectivity index (χ2v) is 4.56. The Morgan fingerprint density at radius 2 is 1.83 bits per heavy atom. The van der Waals surface area contributed by atoms with Crippen molar-refractivity contribution < 1.29 is 9.90 Å². The van der Waals surface area contributed by atoms with E-state index in [9.17, 15) is 4.79 Å². The minimum absolute atomic E-state index is 0.0898. The van der Waals surface area contributed by atoms with E-state index < -0.39 is 5.97 Å². The molecule has 102 valence electrons. The van der Waals surface area contributed by atoms with Crippen molar-refractivity contribution in [3.8, 4) is 0 Å². The molecular weight excluding hydrogens is 228 g/mol. The Kier molecular flexibility index (Phi) is 5.38. The highest BCUT2D eigenvalue weighted by atomic mass is 16.4. The third-order valence-corrected chi connectivity index (χ3v) is 3.49. The molecule has 1 aromatic rings. The fourth-order valence-corrected chi connectivity index (χ4v) is 2.51. The summed E-state index contributed by atoms with van der Waals surface area (Å²) in [6.45, 7) is 8.40. The van der Waals surface area contributed by atoms with E-state index in [1.807, 2.05) is 6.92 Å². The summed E-state index contributed by atoms with van der Waals surface area (Å²) < 4.78 is 2.07. The van der Waals surface area contributed by atoms with E-state index in [2.05, 4.69) is 30.6 Å². The molecule has 0 amide bonds. The summed E-state index contributed by atoms with van der Waals surface area (Å²) in [6, 6.07) is 0.382. The molecule has 1 aromatic heterocycles. The van der Waals surface area contributed by atoms with E-state index in [-0.39, 0.29) is 6.42 Å². The van der Waals surface area contributed by atoms with Crippen LogP contribution in [0.5, 0.6) is 0 Å². The van der Waals surface area contributed by atoms with Crippen molar-refractivity contribution in [2.45, 2.75) is 65.8 Å². The van der Waals surface area contributed by atoms with Gasteiger partial charge < -0.3 is 5.11 Å².